The molecule has 2 heteroatoms. The van der Waals surface area contributed by atoms with Gasteiger partial charge < -0.3 is 10.1 Å². The lowest BCUT2D eigenvalue weighted by atomic mass is 9.99. The minimum absolute atomic E-state index is 0.218. The Morgan fingerprint density at radius 3 is 2.65 bits per heavy atom. The molecule has 3 atom stereocenters. The van der Waals surface area contributed by atoms with E-state index < -0.39 is 0 Å². The number of hydrogen-bond acceptors (Lipinski definition) is 2. The molecular weight excluding hydrogens is 210 g/mol. The van der Waals surface area contributed by atoms with Crippen LogP contribution in [0.4, 0.5) is 0 Å². The maximum atomic E-state index is 6.25. The molecule has 0 bridgehead atoms. The molecule has 17 heavy (non-hydrogen) atoms. The Labute approximate surface area is 104 Å². The van der Waals surface area contributed by atoms with Crippen LogP contribution in [0.5, 0.6) is 0 Å². The van der Waals surface area contributed by atoms with Crippen LogP contribution >= 0.6 is 0 Å². The smallest absolute Gasteiger partial charge is 0.0953 e. The molecule has 0 aromatic heterocycles. The normalized spacial score (nSPS) is 29.2. The van der Waals surface area contributed by atoms with Crippen LogP contribution in [-0.4, -0.2) is 18.7 Å². The van der Waals surface area contributed by atoms with Crippen LogP contribution in [0.3, 0.4) is 0 Å². The summed E-state index contributed by atoms with van der Waals surface area (Å²) in [6.45, 7) is 5.39. The first-order valence-corrected chi connectivity index (χ1v) is 6.79. The van der Waals surface area contributed by atoms with Gasteiger partial charge in [-0.05, 0) is 18.4 Å². The lowest BCUT2D eigenvalue weighted by Crippen LogP contribution is -2.49. The molecule has 0 aliphatic carbocycles. The molecule has 0 amide bonds. The fourth-order valence-corrected chi connectivity index (χ4v) is 2.57. The van der Waals surface area contributed by atoms with Gasteiger partial charge in [0.1, 0.15) is 0 Å². The fourth-order valence-electron chi connectivity index (χ4n) is 2.57. The van der Waals surface area contributed by atoms with Gasteiger partial charge in [-0.25, -0.2) is 0 Å². The maximum absolute atomic E-state index is 6.25. The Bertz CT molecular complexity index is 325. The van der Waals surface area contributed by atoms with Gasteiger partial charge in [0, 0.05) is 12.6 Å². The van der Waals surface area contributed by atoms with E-state index in [1.807, 2.05) is 0 Å². The molecule has 1 aromatic carbocycles. The molecule has 0 saturated carbocycles. The van der Waals surface area contributed by atoms with Crippen molar-refractivity contribution in [1.29, 1.82) is 0 Å². The summed E-state index contributed by atoms with van der Waals surface area (Å²) < 4.78 is 6.25. The maximum Gasteiger partial charge on any atom is 0.0953 e. The molecule has 1 N–H and O–H groups in total. The van der Waals surface area contributed by atoms with Gasteiger partial charge in [0.2, 0.25) is 0 Å². The highest BCUT2D eigenvalue weighted by Crippen LogP contribution is 2.26. The fraction of sp³-hybridized carbons (Fsp3) is 0.600. The molecular formula is C15H23NO. The van der Waals surface area contributed by atoms with E-state index in [1.54, 1.807) is 0 Å². The number of ether oxygens (including phenoxy) is 1. The van der Waals surface area contributed by atoms with Crippen molar-refractivity contribution in [3.8, 4) is 0 Å². The third-order valence-corrected chi connectivity index (χ3v) is 3.54. The quantitative estimate of drug-likeness (QED) is 0.861. The standard InChI is InChI=1S/C15H23NO/c1-3-8-14-13(4-2)16-11-15(17-14)12-9-6-5-7-10-12/h5-7,9-10,13-16H,3-4,8,11H2,1-2H3. The summed E-state index contributed by atoms with van der Waals surface area (Å²) in [6.07, 6.45) is 4.06. The summed E-state index contributed by atoms with van der Waals surface area (Å²) in [4.78, 5) is 0. The van der Waals surface area contributed by atoms with Gasteiger partial charge in [0.15, 0.2) is 0 Å². The lowest BCUT2D eigenvalue weighted by Gasteiger charge is -2.37. The van der Waals surface area contributed by atoms with Crippen molar-refractivity contribution in [2.45, 2.75) is 51.4 Å². The van der Waals surface area contributed by atoms with Crippen LogP contribution in [0, 0.1) is 0 Å². The molecule has 0 radical (unpaired) electrons. The van der Waals surface area contributed by atoms with E-state index in [9.17, 15) is 0 Å². The molecule has 1 fully saturated rings. The van der Waals surface area contributed by atoms with Crippen molar-refractivity contribution in [1.82, 2.24) is 5.32 Å². The van der Waals surface area contributed by atoms with Crippen LogP contribution in [-0.2, 0) is 4.74 Å². The second-order valence-electron chi connectivity index (χ2n) is 4.79. The molecule has 94 valence electrons. The summed E-state index contributed by atoms with van der Waals surface area (Å²) in [6, 6.07) is 11.1. The molecule has 2 rings (SSSR count). The van der Waals surface area contributed by atoms with Gasteiger partial charge in [0.05, 0.1) is 12.2 Å². The number of morpholine rings is 1. The highest BCUT2D eigenvalue weighted by atomic mass is 16.5. The molecule has 1 heterocycles. The van der Waals surface area contributed by atoms with Gasteiger partial charge in [-0.15, -0.1) is 0 Å². The highest BCUT2D eigenvalue weighted by molar-refractivity contribution is 5.18. The SMILES string of the molecule is CCCC1OC(c2ccccc2)CNC1CC. The number of benzene rings is 1. The third-order valence-electron chi connectivity index (χ3n) is 3.54. The zero-order chi connectivity index (χ0) is 12.1. The van der Waals surface area contributed by atoms with E-state index in [1.165, 1.54) is 12.0 Å². The lowest BCUT2D eigenvalue weighted by molar-refractivity contribution is -0.0691. The average Bonchev–Trinajstić information content (AvgIpc) is 2.40. The second-order valence-corrected chi connectivity index (χ2v) is 4.79. The summed E-state index contributed by atoms with van der Waals surface area (Å²) in [5.74, 6) is 0. The van der Waals surface area contributed by atoms with Crippen LogP contribution in [0.1, 0.15) is 44.8 Å². The first kappa shape index (κ1) is 12.6. The Balaban J connectivity index is 2.03. The van der Waals surface area contributed by atoms with Crippen molar-refractivity contribution in [3.63, 3.8) is 0 Å². The monoisotopic (exact) mass is 233 g/mol. The van der Waals surface area contributed by atoms with E-state index >= 15 is 0 Å². The molecule has 1 aromatic rings. The van der Waals surface area contributed by atoms with E-state index in [0.29, 0.717) is 12.1 Å². The van der Waals surface area contributed by atoms with E-state index in [2.05, 4.69) is 49.5 Å². The molecule has 2 nitrogen and oxygen atoms in total. The Morgan fingerprint density at radius 2 is 2.00 bits per heavy atom. The third kappa shape index (κ3) is 3.08. The molecule has 1 aliphatic rings. The minimum atomic E-state index is 0.218. The summed E-state index contributed by atoms with van der Waals surface area (Å²) >= 11 is 0. The summed E-state index contributed by atoms with van der Waals surface area (Å²) in [5.41, 5.74) is 1.29. The Hall–Kier alpha value is -0.860. The van der Waals surface area contributed by atoms with E-state index in [0.717, 1.165) is 19.4 Å². The molecule has 0 spiro atoms. The second kappa shape index (κ2) is 6.18. The molecule has 1 aliphatic heterocycles. The number of nitrogens with one attached hydrogen (secondary N) is 1. The predicted molar refractivity (Wildman–Crippen MR) is 71.0 cm³/mol. The van der Waals surface area contributed by atoms with E-state index in [-0.39, 0.29) is 6.10 Å². The summed E-state index contributed by atoms with van der Waals surface area (Å²) in [7, 11) is 0. The zero-order valence-electron chi connectivity index (χ0n) is 10.9. The van der Waals surface area contributed by atoms with Crippen LogP contribution in [0.2, 0.25) is 0 Å². The first-order chi connectivity index (χ1) is 8.35. The minimum Gasteiger partial charge on any atom is -0.367 e. The highest BCUT2D eigenvalue weighted by Gasteiger charge is 2.29. The van der Waals surface area contributed by atoms with Gasteiger partial charge >= 0.3 is 0 Å². The number of rotatable bonds is 4. The zero-order valence-corrected chi connectivity index (χ0v) is 10.9. The van der Waals surface area contributed by atoms with E-state index in [4.69, 9.17) is 4.74 Å². The average molecular weight is 233 g/mol. The molecule has 1 saturated heterocycles. The summed E-state index contributed by atoms with van der Waals surface area (Å²) in [5, 5.41) is 3.63. The van der Waals surface area contributed by atoms with Gasteiger partial charge in [0.25, 0.3) is 0 Å². The van der Waals surface area contributed by atoms with Gasteiger partial charge in [-0.3, -0.25) is 0 Å². The largest absolute Gasteiger partial charge is 0.367 e. The molecule has 3 unspecified atom stereocenters. The van der Waals surface area contributed by atoms with Crippen molar-refractivity contribution >= 4 is 0 Å². The number of hydrogen-bond donors (Lipinski definition) is 1. The van der Waals surface area contributed by atoms with Gasteiger partial charge in [-0.2, -0.15) is 0 Å². The van der Waals surface area contributed by atoms with Crippen molar-refractivity contribution < 1.29 is 4.74 Å². The van der Waals surface area contributed by atoms with Crippen LogP contribution in [0.15, 0.2) is 30.3 Å². The Kier molecular flexibility index (Phi) is 4.57. The van der Waals surface area contributed by atoms with Crippen molar-refractivity contribution in [3.05, 3.63) is 35.9 Å². The first-order valence-electron chi connectivity index (χ1n) is 6.79. The van der Waals surface area contributed by atoms with Gasteiger partial charge in [-0.1, -0.05) is 50.6 Å². The van der Waals surface area contributed by atoms with Crippen LogP contribution < -0.4 is 5.32 Å². The van der Waals surface area contributed by atoms with Crippen molar-refractivity contribution in [2.24, 2.45) is 0 Å². The Morgan fingerprint density at radius 1 is 1.24 bits per heavy atom. The topological polar surface area (TPSA) is 21.3 Å². The van der Waals surface area contributed by atoms with Crippen LogP contribution in [0.25, 0.3) is 0 Å². The van der Waals surface area contributed by atoms with Crippen molar-refractivity contribution in [2.75, 3.05) is 6.54 Å². The predicted octanol–water partition coefficient (Wildman–Crippen LogP) is 3.29.